The molecule has 0 radical (unpaired) electrons. The summed E-state index contributed by atoms with van der Waals surface area (Å²) in [6, 6.07) is 18.8. The molecule has 0 amide bonds. The molecule has 4 aromatic rings. The monoisotopic (exact) mass is 308 g/mol. The van der Waals surface area contributed by atoms with Crippen LogP contribution in [0.5, 0.6) is 0 Å². The standard InChI is InChI=1S/C17H12N2S2/c1-20-17-18-14(11-7-3-2-4-8-11)16-15(19-17)12-9-5-6-10-13(12)21-16/h2-10H,1H3. The van der Waals surface area contributed by atoms with Crippen LogP contribution in [-0.2, 0) is 0 Å². The van der Waals surface area contributed by atoms with Gasteiger partial charge in [0.25, 0.3) is 0 Å². The molecule has 0 aliphatic heterocycles. The minimum absolute atomic E-state index is 0.824. The molecule has 2 heterocycles. The highest BCUT2D eigenvalue weighted by Gasteiger charge is 2.14. The predicted octanol–water partition coefficient (Wildman–Crippen LogP) is 5.23. The van der Waals surface area contributed by atoms with E-state index in [1.807, 2.05) is 12.3 Å². The molecule has 0 atom stereocenters. The highest BCUT2D eigenvalue weighted by atomic mass is 32.2. The molecule has 2 aromatic carbocycles. The van der Waals surface area contributed by atoms with Crippen molar-refractivity contribution in [3.63, 3.8) is 0 Å². The summed E-state index contributed by atoms with van der Waals surface area (Å²) < 4.78 is 2.43. The maximum atomic E-state index is 4.75. The maximum absolute atomic E-state index is 4.75. The van der Waals surface area contributed by atoms with Crippen LogP contribution in [0.15, 0.2) is 59.8 Å². The van der Waals surface area contributed by atoms with Crippen LogP contribution in [0.25, 0.3) is 31.6 Å². The van der Waals surface area contributed by atoms with Crippen LogP contribution in [0, 0.1) is 0 Å². The van der Waals surface area contributed by atoms with Crippen molar-refractivity contribution in [3.8, 4) is 11.3 Å². The second-order valence-corrected chi connectivity index (χ2v) is 6.53. The molecule has 0 saturated heterocycles. The molecule has 4 heteroatoms. The third-order valence-corrected chi connectivity index (χ3v) is 5.14. The van der Waals surface area contributed by atoms with Crippen LogP contribution >= 0.6 is 23.1 Å². The number of thioether (sulfide) groups is 1. The normalized spacial score (nSPS) is 11.3. The molecule has 0 aliphatic rings. The molecule has 0 spiro atoms. The van der Waals surface area contributed by atoms with Gasteiger partial charge >= 0.3 is 0 Å². The Bertz CT molecular complexity index is 929. The van der Waals surface area contributed by atoms with Gasteiger partial charge in [0.05, 0.1) is 15.9 Å². The summed E-state index contributed by atoms with van der Waals surface area (Å²) >= 11 is 3.35. The number of rotatable bonds is 2. The summed E-state index contributed by atoms with van der Waals surface area (Å²) in [6.07, 6.45) is 2.02. The number of hydrogen-bond donors (Lipinski definition) is 0. The molecule has 0 aliphatic carbocycles. The van der Waals surface area contributed by atoms with E-state index >= 15 is 0 Å². The van der Waals surface area contributed by atoms with Crippen molar-refractivity contribution in [2.45, 2.75) is 5.16 Å². The zero-order chi connectivity index (χ0) is 14.2. The zero-order valence-corrected chi connectivity index (χ0v) is 13.0. The van der Waals surface area contributed by atoms with Crippen molar-refractivity contribution in [1.29, 1.82) is 0 Å². The van der Waals surface area contributed by atoms with E-state index in [4.69, 9.17) is 9.97 Å². The van der Waals surface area contributed by atoms with Gasteiger partial charge in [-0.2, -0.15) is 0 Å². The number of benzene rings is 2. The summed E-state index contributed by atoms with van der Waals surface area (Å²) in [5.41, 5.74) is 3.24. The molecule has 0 saturated carbocycles. The molecule has 2 nitrogen and oxygen atoms in total. The molecule has 4 rings (SSSR count). The van der Waals surface area contributed by atoms with Crippen molar-refractivity contribution in [1.82, 2.24) is 9.97 Å². The Kier molecular flexibility index (Phi) is 3.13. The molecule has 0 fully saturated rings. The van der Waals surface area contributed by atoms with Gasteiger partial charge in [0.1, 0.15) is 0 Å². The van der Waals surface area contributed by atoms with E-state index in [0.29, 0.717) is 0 Å². The van der Waals surface area contributed by atoms with E-state index in [2.05, 4.69) is 48.5 Å². The molecule has 0 bridgehead atoms. The first-order valence-electron chi connectivity index (χ1n) is 6.65. The van der Waals surface area contributed by atoms with Crippen LogP contribution in [0.3, 0.4) is 0 Å². The lowest BCUT2D eigenvalue weighted by molar-refractivity contribution is 1.02. The third kappa shape index (κ3) is 2.11. The minimum Gasteiger partial charge on any atom is -0.221 e. The predicted molar refractivity (Wildman–Crippen MR) is 92.1 cm³/mol. The summed E-state index contributed by atoms with van der Waals surface area (Å²) in [5, 5.41) is 2.04. The second kappa shape index (κ2) is 5.13. The number of hydrogen-bond acceptors (Lipinski definition) is 4. The Morgan fingerprint density at radius 1 is 0.905 bits per heavy atom. The van der Waals surface area contributed by atoms with Crippen LogP contribution in [0.1, 0.15) is 0 Å². The van der Waals surface area contributed by atoms with Gasteiger partial charge in [-0.15, -0.1) is 11.3 Å². The summed E-state index contributed by atoms with van der Waals surface area (Å²) in [4.78, 5) is 9.48. The Balaban J connectivity index is 2.14. The fourth-order valence-electron chi connectivity index (χ4n) is 2.45. The van der Waals surface area contributed by atoms with Crippen LogP contribution in [-0.4, -0.2) is 16.2 Å². The van der Waals surface area contributed by atoms with Gasteiger partial charge in [-0.1, -0.05) is 60.3 Å². The Morgan fingerprint density at radius 2 is 1.67 bits per heavy atom. The zero-order valence-electron chi connectivity index (χ0n) is 11.4. The number of thiophene rings is 1. The fraction of sp³-hybridized carbons (Fsp3) is 0.0588. The van der Waals surface area contributed by atoms with Crippen LogP contribution < -0.4 is 0 Å². The highest BCUT2D eigenvalue weighted by Crippen LogP contribution is 2.38. The average molecular weight is 308 g/mol. The molecule has 21 heavy (non-hydrogen) atoms. The lowest BCUT2D eigenvalue weighted by Gasteiger charge is -2.04. The van der Waals surface area contributed by atoms with Crippen molar-refractivity contribution < 1.29 is 0 Å². The Morgan fingerprint density at radius 3 is 2.48 bits per heavy atom. The number of fused-ring (bicyclic) bond motifs is 3. The molecule has 0 unspecified atom stereocenters. The molecular weight excluding hydrogens is 296 g/mol. The minimum atomic E-state index is 0.824. The van der Waals surface area contributed by atoms with E-state index in [-0.39, 0.29) is 0 Å². The second-order valence-electron chi connectivity index (χ2n) is 4.70. The highest BCUT2D eigenvalue weighted by molar-refractivity contribution is 7.98. The van der Waals surface area contributed by atoms with Crippen molar-refractivity contribution >= 4 is 43.4 Å². The van der Waals surface area contributed by atoms with E-state index in [1.54, 1.807) is 23.1 Å². The van der Waals surface area contributed by atoms with Crippen molar-refractivity contribution in [2.24, 2.45) is 0 Å². The SMILES string of the molecule is CSc1nc(-c2ccccc2)c2sc3ccccc3c2n1. The first kappa shape index (κ1) is 12.8. The molecule has 2 aromatic heterocycles. The first-order chi connectivity index (χ1) is 10.4. The largest absolute Gasteiger partial charge is 0.221 e. The first-order valence-corrected chi connectivity index (χ1v) is 8.69. The van der Waals surface area contributed by atoms with Gasteiger partial charge in [-0.05, 0) is 12.3 Å². The molecular formula is C17H12N2S2. The number of aromatic nitrogens is 2. The van der Waals surface area contributed by atoms with E-state index < -0.39 is 0 Å². The molecule has 102 valence electrons. The molecule has 0 N–H and O–H groups in total. The van der Waals surface area contributed by atoms with Gasteiger partial charge in [0.15, 0.2) is 5.16 Å². The summed E-state index contributed by atoms with van der Waals surface area (Å²) in [6.45, 7) is 0. The number of nitrogens with zero attached hydrogens (tertiary/aromatic N) is 2. The summed E-state index contributed by atoms with van der Waals surface area (Å²) in [7, 11) is 0. The van der Waals surface area contributed by atoms with Gasteiger partial charge < -0.3 is 0 Å². The van der Waals surface area contributed by atoms with Gasteiger partial charge in [-0.25, -0.2) is 9.97 Å². The Hall–Kier alpha value is -1.91. The van der Waals surface area contributed by atoms with Gasteiger partial charge in [0.2, 0.25) is 0 Å². The van der Waals surface area contributed by atoms with Gasteiger partial charge in [-0.3, -0.25) is 0 Å². The smallest absolute Gasteiger partial charge is 0.188 e. The average Bonchev–Trinajstić information content (AvgIpc) is 2.93. The van der Waals surface area contributed by atoms with E-state index in [9.17, 15) is 0 Å². The van der Waals surface area contributed by atoms with Gasteiger partial charge in [0, 0.05) is 15.6 Å². The van der Waals surface area contributed by atoms with Crippen molar-refractivity contribution in [2.75, 3.05) is 6.26 Å². The Labute approximate surface area is 130 Å². The van der Waals surface area contributed by atoms with E-state index in [0.717, 1.165) is 21.9 Å². The summed E-state index contributed by atoms with van der Waals surface area (Å²) in [5.74, 6) is 0. The lowest BCUT2D eigenvalue weighted by Crippen LogP contribution is -1.90. The third-order valence-electron chi connectivity index (χ3n) is 3.43. The maximum Gasteiger partial charge on any atom is 0.188 e. The topological polar surface area (TPSA) is 25.8 Å². The lowest BCUT2D eigenvalue weighted by atomic mass is 10.1. The van der Waals surface area contributed by atoms with E-state index in [1.165, 1.54) is 14.8 Å². The van der Waals surface area contributed by atoms with Crippen LogP contribution in [0.2, 0.25) is 0 Å². The quantitative estimate of drug-likeness (QED) is 0.374. The van der Waals surface area contributed by atoms with Crippen molar-refractivity contribution in [3.05, 3.63) is 54.6 Å². The van der Waals surface area contributed by atoms with Crippen LogP contribution in [0.4, 0.5) is 0 Å². The fourth-order valence-corrected chi connectivity index (χ4v) is 3.97.